The molecule has 2 aliphatic carbocycles. The summed E-state index contributed by atoms with van der Waals surface area (Å²) >= 11 is 0. The van der Waals surface area contributed by atoms with Crippen molar-refractivity contribution in [3.05, 3.63) is 41.5 Å². The fourth-order valence-electron chi connectivity index (χ4n) is 5.00. The van der Waals surface area contributed by atoms with Gasteiger partial charge in [-0.2, -0.15) is 26.3 Å². The molecule has 14 heteroatoms. The predicted octanol–water partition coefficient (Wildman–Crippen LogP) is 4.45. The Bertz CT molecular complexity index is 1080. The summed E-state index contributed by atoms with van der Waals surface area (Å²) in [7, 11) is 0. The Morgan fingerprint density at radius 2 is 1.46 bits per heavy atom. The topological polar surface area (TPSA) is 133 Å². The molecule has 1 heterocycles. The summed E-state index contributed by atoms with van der Waals surface area (Å²) in [5, 5.41) is 18.1. The molecule has 2 saturated carbocycles. The van der Waals surface area contributed by atoms with Crippen molar-refractivity contribution in [2.45, 2.75) is 76.4 Å². The largest absolute Gasteiger partial charge is 0.490 e. The van der Waals surface area contributed by atoms with Crippen molar-refractivity contribution >= 4 is 23.9 Å². The summed E-state index contributed by atoms with van der Waals surface area (Å²) in [5.74, 6) is -5.03. The van der Waals surface area contributed by atoms with Gasteiger partial charge in [0.2, 0.25) is 5.91 Å². The van der Waals surface area contributed by atoms with Crippen LogP contribution in [0.2, 0.25) is 0 Å². The maximum atomic E-state index is 11.6. The number of nitrogens with one attached hydrogen (secondary N) is 1. The van der Waals surface area contributed by atoms with Crippen molar-refractivity contribution in [3.8, 4) is 0 Å². The minimum Gasteiger partial charge on any atom is -0.475 e. The first kappa shape index (κ1) is 34.1. The molecule has 4 rings (SSSR count). The van der Waals surface area contributed by atoms with Crippen LogP contribution in [0.4, 0.5) is 26.3 Å². The van der Waals surface area contributed by atoms with Gasteiger partial charge in [0.25, 0.3) is 0 Å². The first-order chi connectivity index (χ1) is 18.7. The normalized spacial score (nSPS) is 22.2. The lowest BCUT2D eigenvalue weighted by atomic mass is 9.59. The van der Waals surface area contributed by atoms with Gasteiger partial charge in [-0.15, -0.1) is 0 Å². The van der Waals surface area contributed by atoms with Gasteiger partial charge in [-0.3, -0.25) is 9.69 Å². The van der Waals surface area contributed by atoms with E-state index in [4.69, 9.17) is 25.5 Å². The molecule has 1 aliphatic heterocycles. The number of carboxylic acids is 2. The van der Waals surface area contributed by atoms with Crippen molar-refractivity contribution in [2.75, 3.05) is 13.1 Å². The summed E-state index contributed by atoms with van der Waals surface area (Å²) in [6.45, 7) is 8.19. The summed E-state index contributed by atoms with van der Waals surface area (Å²) in [6.07, 6.45) is -2.90. The van der Waals surface area contributed by atoms with Crippen molar-refractivity contribution in [2.24, 2.45) is 17.1 Å². The molecule has 0 bridgehead atoms. The number of hydrogen-bond donors (Lipinski definition) is 4. The van der Waals surface area contributed by atoms with Crippen molar-refractivity contribution in [3.63, 3.8) is 0 Å². The molecular weight excluding hydrogens is 560 g/mol. The highest BCUT2D eigenvalue weighted by atomic mass is 19.4. The van der Waals surface area contributed by atoms with Crippen LogP contribution in [0, 0.1) is 11.3 Å². The standard InChI is InChI=1S/C23H33N3O.2C2HF3O2/c1-4-17(10-16-8-6-5-7-9-16)19-11-20(19)25-18-12-23(13-18)14-26(15-23)22(2,3)21(24)27;2*3-2(4,5)1(6)7/h5-10,18-20,25H,4,11-15H2,1-3H3,(H2,24,27);2*(H,6,7)/b17-10+;;/t19-,20+;;/m0../s1. The molecule has 1 saturated heterocycles. The molecule has 1 aromatic rings. The number of halogens is 6. The number of carbonyl (C=O) groups is 3. The van der Waals surface area contributed by atoms with E-state index >= 15 is 0 Å². The molecule has 1 aromatic carbocycles. The zero-order valence-corrected chi connectivity index (χ0v) is 22.9. The molecule has 8 nitrogen and oxygen atoms in total. The Kier molecular flexibility index (Phi) is 10.6. The van der Waals surface area contributed by atoms with E-state index in [-0.39, 0.29) is 5.91 Å². The summed E-state index contributed by atoms with van der Waals surface area (Å²) in [6, 6.07) is 12.0. The van der Waals surface area contributed by atoms with E-state index in [1.165, 1.54) is 24.8 Å². The first-order valence-corrected chi connectivity index (χ1v) is 12.9. The molecule has 1 amide bonds. The highest BCUT2D eigenvalue weighted by molar-refractivity contribution is 5.83. The lowest BCUT2D eigenvalue weighted by molar-refractivity contribution is -0.193. The zero-order chi connectivity index (χ0) is 31.4. The van der Waals surface area contributed by atoms with Gasteiger partial charge in [0.1, 0.15) is 0 Å². The van der Waals surface area contributed by atoms with Crippen molar-refractivity contribution < 1.29 is 50.9 Å². The van der Waals surface area contributed by atoms with Gasteiger partial charge in [-0.1, -0.05) is 48.9 Å². The quantitative estimate of drug-likeness (QED) is 0.343. The third kappa shape index (κ3) is 9.45. The summed E-state index contributed by atoms with van der Waals surface area (Å²) in [4.78, 5) is 31.6. The van der Waals surface area contributed by atoms with Gasteiger partial charge in [0, 0.05) is 25.2 Å². The first-order valence-electron chi connectivity index (χ1n) is 12.9. The van der Waals surface area contributed by atoms with E-state index in [1.807, 2.05) is 13.8 Å². The second-order valence-corrected chi connectivity index (χ2v) is 11.1. The molecule has 3 fully saturated rings. The number of alkyl halides is 6. The predicted molar refractivity (Wildman–Crippen MR) is 137 cm³/mol. The number of amides is 1. The second kappa shape index (κ2) is 12.8. The van der Waals surface area contributed by atoms with E-state index in [2.05, 4.69) is 53.5 Å². The maximum Gasteiger partial charge on any atom is 0.490 e. The van der Waals surface area contributed by atoms with E-state index in [0.717, 1.165) is 19.5 Å². The van der Waals surface area contributed by atoms with Crippen LogP contribution in [-0.4, -0.2) is 76.0 Å². The molecule has 2 atom stereocenters. The Morgan fingerprint density at radius 1 is 1.00 bits per heavy atom. The number of hydrogen-bond acceptors (Lipinski definition) is 5. The molecule has 3 aliphatic rings. The number of benzene rings is 1. The SMILES string of the molecule is CC/C(=C\c1ccccc1)[C@@H]1C[C@H]1NC1CC2(C1)CN(C(C)(C)C(N)=O)C2.O=C(O)C(F)(F)F.O=C(O)C(F)(F)F. The average Bonchev–Trinajstić information content (AvgIpc) is 3.57. The fourth-order valence-corrected chi connectivity index (χ4v) is 5.00. The molecule has 1 spiro atoms. The molecule has 5 N–H and O–H groups in total. The van der Waals surface area contributed by atoms with Crippen LogP contribution < -0.4 is 11.1 Å². The van der Waals surface area contributed by atoms with Gasteiger partial charge in [-0.25, -0.2) is 9.59 Å². The number of rotatable bonds is 7. The summed E-state index contributed by atoms with van der Waals surface area (Å²) < 4.78 is 63.5. The Hall–Kier alpha value is -3.13. The third-order valence-corrected chi connectivity index (χ3v) is 7.57. The maximum absolute atomic E-state index is 11.6. The number of carboxylic acid groups (broad SMARTS) is 2. The molecule has 0 aromatic heterocycles. The minimum absolute atomic E-state index is 0.218. The van der Waals surface area contributed by atoms with E-state index in [9.17, 15) is 31.1 Å². The average molecular weight is 596 g/mol. The lowest BCUT2D eigenvalue weighted by Gasteiger charge is -2.62. The van der Waals surface area contributed by atoms with Gasteiger partial charge in [0.15, 0.2) is 0 Å². The molecule has 230 valence electrons. The second-order valence-electron chi connectivity index (χ2n) is 11.1. The monoisotopic (exact) mass is 595 g/mol. The lowest BCUT2D eigenvalue weighted by Crippen LogP contribution is -2.72. The van der Waals surface area contributed by atoms with Crippen LogP contribution in [0.15, 0.2) is 35.9 Å². The fraction of sp³-hybridized carbons (Fsp3) is 0.593. The number of aliphatic carboxylic acids is 2. The van der Waals surface area contributed by atoms with Crippen LogP contribution >= 0.6 is 0 Å². The molecule has 0 unspecified atom stereocenters. The van der Waals surface area contributed by atoms with Gasteiger partial charge < -0.3 is 21.3 Å². The van der Waals surface area contributed by atoms with Gasteiger partial charge >= 0.3 is 24.3 Å². The number of nitrogens with zero attached hydrogens (tertiary/aromatic N) is 1. The summed E-state index contributed by atoms with van der Waals surface area (Å²) in [5.41, 5.74) is 8.36. The number of nitrogens with two attached hydrogens (primary N) is 1. The number of carbonyl (C=O) groups excluding carboxylic acids is 1. The number of primary amides is 1. The van der Waals surface area contributed by atoms with E-state index in [0.29, 0.717) is 23.4 Å². The smallest absolute Gasteiger partial charge is 0.475 e. The minimum atomic E-state index is -5.08. The van der Waals surface area contributed by atoms with Crippen LogP contribution in [0.1, 0.15) is 52.0 Å². The van der Waals surface area contributed by atoms with Gasteiger partial charge in [0.05, 0.1) is 5.54 Å². The van der Waals surface area contributed by atoms with E-state index < -0.39 is 29.8 Å². The molecular formula is C27H35F6N3O5. The van der Waals surface area contributed by atoms with Crippen LogP contribution in [-0.2, 0) is 14.4 Å². The Balaban J connectivity index is 0.000000349. The highest BCUT2D eigenvalue weighted by Crippen LogP contribution is 2.52. The van der Waals surface area contributed by atoms with Crippen molar-refractivity contribution in [1.29, 1.82) is 0 Å². The van der Waals surface area contributed by atoms with Crippen LogP contribution in [0.3, 0.4) is 0 Å². The number of likely N-dealkylation sites (tertiary alicyclic amines) is 1. The van der Waals surface area contributed by atoms with Crippen molar-refractivity contribution in [1.82, 2.24) is 10.2 Å². The molecule has 41 heavy (non-hydrogen) atoms. The molecule has 0 radical (unpaired) electrons. The van der Waals surface area contributed by atoms with Crippen LogP contribution in [0.25, 0.3) is 6.08 Å². The van der Waals surface area contributed by atoms with Crippen LogP contribution in [0.5, 0.6) is 0 Å². The highest BCUT2D eigenvalue weighted by Gasteiger charge is 2.57. The third-order valence-electron chi connectivity index (χ3n) is 7.57. The van der Waals surface area contributed by atoms with Gasteiger partial charge in [-0.05, 0) is 56.4 Å². The van der Waals surface area contributed by atoms with E-state index in [1.54, 1.807) is 5.57 Å². The Morgan fingerprint density at radius 3 is 1.85 bits per heavy atom. The zero-order valence-electron chi connectivity index (χ0n) is 22.9. The Labute approximate surface area is 233 Å².